The Balaban J connectivity index is 1.64. The smallest absolute Gasteiger partial charge is 0.270 e. The molecule has 3 N–H and O–H groups in total. The maximum Gasteiger partial charge on any atom is 0.270 e. The summed E-state index contributed by atoms with van der Waals surface area (Å²) in [5.74, 6) is 0.142. The van der Waals surface area contributed by atoms with Crippen molar-refractivity contribution in [1.29, 1.82) is 0 Å². The van der Waals surface area contributed by atoms with E-state index in [0.29, 0.717) is 18.3 Å². The van der Waals surface area contributed by atoms with Crippen LogP contribution in [0.15, 0.2) is 12.1 Å². The van der Waals surface area contributed by atoms with Crippen LogP contribution in [0.25, 0.3) is 0 Å². The highest BCUT2D eigenvalue weighted by Gasteiger charge is 2.41. The fourth-order valence-electron chi connectivity index (χ4n) is 2.35. The highest BCUT2D eigenvalue weighted by Crippen LogP contribution is 2.31. The lowest BCUT2D eigenvalue weighted by molar-refractivity contribution is -0.127. The van der Waals surface area contributed by atoms with Gasteiger partial charge in [-0.1, -0.05) is 11.6 Å². The van der Waals surface area contributed by atoms with Gasteiger partial charge >= 0.3 is 0 Å². The summed E-state index contributed by atoms with van der Waals surface area (Å²) in [4.78, 5) is 27.5. The van der Waals surface area contributed by atoms with Crippen LogP contribution in [0.2, 0.25) is 5.15 Å². The summed E-state index contributed by atoms with van der Waals surface area (Å²) in [6.07, 6.45) is 2.38. The molecular formula is C15H18ClN3O4. The minimum absolute atomic E-state index is 0.0229. The number of carbonyl (C=O) groups excluding carboxylic acids is 2. The van der Waals surface area contributed by atoms with E-state index in [2.05, 4.69) is 10.3 Å². The van der Waals surface area contributed by atoms with E-state index in [4.69, 9.17) is 26.8 Å². The standard InChI is InChI=1S/C15H18ClN3O4/c16-13-11(23-6-9-1-2-9)4-3-10(18-13)14(21)19-15(5-12(17)20)7-22-8-15/h3-4,9H,1-2,5-8H2,(H2,17,20)(H,19,21). The van der Waals surface area contributed by atoms with E-state index in [1.54, 1.807) is 12.1 Å². The molecule has 1 aliphatic heterocycles. The van der Waals surface area contributed by atoms with Gasteiger partial charge in [0.15, 0.2) is 10.9 Å². The molecule has 0 unspecified atom stereocenters. The first kappa shape index (κ1) is 16.0. The highest BCUT2D eigenvalue weighted by atomic mass is 35.5. The molecule has 0 spiro atoms. The van der Waals surface area contributed by atoms with Gasteiger partial charge in [0.1, 0.15) is 5.69 Å². The van der Waals surface area contributed by atoms with Gasteiger partial charge in [0.05, 0.1) is 31.8 Å². The molecule has 1 aromatic heterocycles. The van der Waals surface area contributed by atoms with Crippen molar-refractivity contribution in [2.45, 2.75) is 24.8 Å². The molecule has 8 heteroatoms. The number of amides is 2. The van der Waals surface area contributed by atoms with Crippen molar-refractivity contribution in [3.63, 3.8) is 0 Å². The maximum atomic E-state index is 12.3. The summed E-state index contributed by atoms with van der Waals surface area (Å²) in [6.45, 7) is 1.11. The van der Waals surface area contributed by atoms with E-state index in [-0.39, 0.29) is 30.5 Å². The van der Waals surface area contributed by atoms with Gasteiger partial charge < -0.3 is 20.5 Å². The van der Waals surface area contributed by atoms with Gasteiger partial charge in [-0.2, -0.15) is 0 Å². The predicted octanol–water partition coefficient (Wildman–Crippen LogP) is 0.898. The number of rotatable bonds is 7. The van der Waals surface area contributed by atoms with Gasteiger partial charge in [-0.15, -0.1) is 0 Å². The van der Waals surface area contributed by atoms with Crippen LogP contribution >= 0.6 is 11.6 Å². The lowest BCUT2D eigenvalue weighted by Gasteiger charge is -2.41. The van der Waals surface area contributed by atoms with Gasteiger partial charge in [-0.3, -0.25) is 9.59 Å². The Hall–Kier alpha value is -1.86. The fourth-order valence-corrected chi connectivity index (χ4v) is 2.56. The van der Waals surface area contributed by atoms with Crippen molar-refractivity contribution in [2.75, 3.05) is 19.8 Å². The number of hydrogen-bond donors (Lipinski definition) is 2. The summed E-state index contributed by atoms with van der Waals surface area (Å²) in [5, 5.41) is 2.90. The number of halogens is 1. The highest BCUT2D eigenvalue weighted by molar-refractivity contribution is 6.31. The molecular weight excluding hydrogens is 322 g/mol. The topological polar surface area (TPSA) is 104 Å². The Kier molecular flexibility index (Phi) is 4.41. The van der Waals surface area contributed by atoms with Gasteiger partial charge in [-0.25, -0.2) is 4.98 Å². The largest absolute Gasteiger partial charge is 0.490 e. The third-order valence-corrected chi connectivity index (χ3v) is 4.14. The van der Waals surface area contributed by atoms with Crippen LogP contribution in [-0.2, 0) is 9.53 Å². The SMILES string of the molecule is NC(=O)CC1(NC(=O)c2ccc(OCC3CC3)c(Cl)n2)COC1. The average molecular weight is 340 g/mol. The zero-order chi connectivity index (χ0) is 16.4. The van der Waals surface area contributed by atoms with Crippen molar-refractivity contribution >= 4 is 23.4 Å². The number of nitrogens with two attached hydrogens (primary N) is 1. The number of hydrogen-bond acceptors (Lipinski definition) is 5. The second kappa shape index (κ2) is 6.33. The van der Waals surface area contributed by atoms with Crippen LogP contribution in [0.5, 0.6) is 5.75 Å². The first-order chi connectivity index (χ1) is 11.0. The number of nitrogens with zero attached hydrogens (tertiary/aromatic N) is 1. The Morgan fingerprint density at radius 1 is 1.43 bits per heavy atom. The van der Waals surface area contributed by atoms with Crippen LogP contribution in [0.1, 0.15) is 29.8 Å². The molecule has 0 bridgehead atoms. The third-order valence-electron chi connectivity index (χ3n) is 3.87. The minimum Gasteiger partial charge on any atom is -0.490 e. The molecule has 2 heterocycles. The number of primary amides is 1. The van der Waals surface area contributed by atoms with Gasteiger partial charge in [0, 0.05) is 0 Å². The van der Waals surface area contributed by atoms with Gasteiger partial charge in [-0.05, 0) is 30.9 Å². The molecule has 1 aromatic rings. The number of ether oxygens (including phenoxy) is 2. The molecule has 124 valence electrons. The van der Waals surface area contributed by atoms with Crippen molar-refractivity contribution < 1.29 is 19.1 Å². The Bertz CT molecular complexity index is 629. The summed E-state index contributed by atoms with van der Waals surface area (Å²) < 4.78 is 10.7. The lowest BCUT2D eigenvalue weighted by atomic mass is 9.92. The van der Waals surface area contributed by atoms with E-state index in [0.717, 1.165) is 0 Å². The molecule has 1 aliphatic carbocycles. The van der Waals surface area contributed by atoms with Crippen LogP contribution in [0.4, 0.5) is 0 Å². The third kappa shape index (κ3) is 3.92. The van der Waals surface area contributed by atoms with E-state index in [1.807, 2.05) is 0 Å². The van der Waals surface area contributed by atoms with Crippen LogP contribution in [0.3, 0.4) is 0 Å². The normalized spacial score (nSPS) is 18.8. The van der Waals surface area contributed by atoms with Crippen LogP contribution in [0, 0.1) is 5.92 Å². The molecule has 3 rings (SSSR count). The number of carbonyl (C=O) groups is 2. The van der Waals surface area contributed by atoms with Crippen molar-refractivity contribution in [3.05, 3.63) is 23.0 Å². The number of aromatic nitrogens is 1. The van der Waals surface area contributed by atoms with E-state index in [9.17, 15) is 9.59 Å². The summed E-state index contributed by atoms with van der Waals surface area (Å²) in [5.41, 5.74) is 4.62. The van der Waals surface area contributed by atoms with E-state index in [1.165, 1.54) is 12.8 Å². The Labute approximate surface area is 138 Å². The van der Waals surface area contributed by atoms with E-state index < -0.39 is 17.4 Å². The molecule has 2 fully saturated rings. The van der Waals surface area contributed by atoms with Gasteiger partial charge in [0.25, 0.3) is 5.91 Å². The van der Waals surface area contributed by atoms with Crippen LogP contribution in [-0.4, -0.2) is 42.2 Å². The van der Waals surface area contributed by atoms with Gasteiger partial charge in [0.2, 0.25) is 5.91 Å². The molecule has 0 radical (unpaired) electrons. The van der Waals surface area contributed by atoms with Crippen molar-refractivity contribution in [3.8, 4) is 5.75 Å². The first-order valence-electron chi connectivity index (χ1n) is 7.45. The maximum absolute atomic E-state index is 12.3. The van der Waals surface area contributed by atoms with Crippen LogP contribution < -0.4 is 15.8 Å². The zero-order valence-electron chi connectivity index (χ0n) is 12.5. The Morgan fingerprint density at radius 2 is 2.17 bits per heavy atom. The molecule has 7 nitrogen and oxygen atoms in total. The quantitative estimate of drug-likeness (QED) is 0.718. The minimum atomic E-state index is -0.752. The van der Waals surface area contributed by atoms with Crippen molar-refractivity contribution in [1.82, 2.24) is 10.3 Å². The van der Waals surface area contributed by atoms with Crippen molar-refractivity contribution in [2.24, 2.45) is 11.7 Å². The average Bonchev–Trinajstić information content (AvgIpc) is 3.27. The van der Waals surface area contributed by atoms with E-state index >= 15 is 0 Å². The number of pyridine rings is 1. The fraction of sp³-hybridized carbons (Fsp3) is 0.533. The monoisotopic (exact) mass is 339 g/mol. The molecule has 2 amide bonds. The second-order valence-electron chi connectivity index (χ2n) is 6.11. The summed E-state index contributed by atoms with van der Waals surface area (Å²) >= 11 is 6.07. The molecule has 23 heavy (non-hydrogen) atoms. The summed E-state index contributed by atoms with van der Waals surface area (Å²) in [6, 6.07) is 3.17. The second-order valence-corrected chi connectivity index (χ2v) is 6.47. The Morgan fingerprint density at radius 3 is 2.70 bits per heavy atom. The lowest BCUT2D eigenvalue weighted by Crippen LogP contribution is -2.63. The molecule has 1 saturated heterocycles. The summed E-state index contributed by atoms with van der Waals surface area (Å²) in [7, 11) is 0. The molecule has 0 aromatic carbocycles. The number of nitrogens with one attached hydrogen (secondary N) is 1. The molecule has 2 aliphatic rings. The zero-order valence-corrected chi connectivity index (χ0v) is 13.3. The predicted molar refractivity (Wildman–Crippen MR) is 82.3 cm³/mol. The molecule has 0 atom stereocenters. The first-order valence-corrected chi connectivity index (χ1v) is 7.83. The molecule has 1 saturated carbocycles.